The van der Waals surface area contributed by atoms with E-state index in [0.29, 0.717) is 5.95 Å². The highest BCUT2D eigenvalue weighted by molar-refractivity contribution is 6.32. The lowest BCUT2D eigenvalue weighted by Crippen LogP contribution is -2.15. The van der Waals surface area contributed by atoms with Crippen LogP contribution in [0.3, 0.4) is 0 Å². The zero-order chi connectivity index (χ0) is 15.6. The van der Waals surface area contributed by atoms with Gasteiger partial charge in [-0.2, -0.15) is 15.0 Å². The summed E-state index contributed by atoms with van der Waals surface area (Å²) in [7, 11) is 3.44. The van der Waals surface area contributed by atoms with Crippen LogP contribution in [0.2, 0.25) is 5.02 Å². The van der Waals surface area contributed by atoms with E-state index in [1.54, 1.807) is 19.0 Å². The average molecular weight is 311 g/mol. The summed E-state index contributed by atoms with van der Waals surface area (Å²) in [5.41, 5.74) is 5.39. The molecule has 0 unspecified atom stereocenters. The molecule has 0 radical (unpaired) electrons. The van der Waals surface area contributed by atoms with Crippen molar-refractivity contribution >= 4 is 29.2 Å². The van der Waals surface area contributed by atoms with E-state index in [-0.39, 0.29) is 28.4 Å². The van der Waals surface area contributed by atoms with E-state index in [9.17, 15) is 10.1 Å². The second-order valence-corrected chi connectivity index (χ2v) is 4.55. The molecule has 1 heterocycles. The second kappa shape index (κ2) is 5.75. The number of hydrogen-bond donors (Lipinski definition) is 1. The van der Waals surface area contributed by atoms with Crippen LogP contribution < -0.4 is 15.4 Å². The molecule has 10 heteroatoms. The Morgan fingerprint density at radius 2 is 2.05 bits per heavy atom. The molecular weight excluding hydrogens is 300 g/mol. The molecule has 0 amide bonds. The van der Waals surface area contributed by atoms with Crippen LogP contribution in [-0.4, -0.2) is 34.0 Å². The molecule has 0 atom stereocenters. The number of nitro groups is 1. The molecule has 21 heavy (non-hydrogen) atoms. The monoisotopic (exact) mass is 310 g/mol. The van der Waals surface area contributed by atoms with Gasteiger partial charge in [-0.15, -0.1) is 0 Å². The standard InChI is InChI=1S/C11H11ClN6O3/c1-17(2)10-14-9(13)15-11(16-10)21-8-5-6(18(19)20)3-4-7(8)12/h3-5H,1-2H3,(H2,13,14,15,16). The van der Waals surface area contributed by atoms with Crippen LogP contribution in [0, 0.1) is 10.1 Å². The zero-order valence-corrected chi connectivity index (χ0v) is 11.9. The molecule has 110 valence electrons. The van der Waals surface area contributed by atoms with Gasteiger partial charge in [-0.3, -0.25) is 10.1 Å². The maximum Gasteiger partial charge on any atom is 0.328 e. The Morgan fingerprint density at radius 3 is 2.67 bits per heavy atom. The Hall–Kier alpha value is -2.68. The van der Waals surface area contributed by atoms with Gasteiger partial charge in [0.15, 0.2) is 5.75 Å². The maximum absolute atomic E-state index is 10.8. The number of nitrogen functional groups attached to an aromatic ring is 1. The number of hydrogen-bond acceptors (Lipinski definition) is 8. The van der Waals surface area contributed by atoms with Crippen molar-refractivity contribution in [1.29, 1.82) is 0 Å². The minimum Gasteiger partial charge on any atom is -0.422 e. The van der Waals surface area contributed by atoms with Crippen LogP contribution in [-0.2, 0) is 0 Å². The number of nitrogens with two attached hydrogens (primary N) is 1. The lowest BCUT2D eigenvalue weighted by atomic mass is 10.3. The Labute approximate surface area is 124 Å². The molecular formula is C11H11ClN6O3. The van der Waals surface area contributed by atoms with E-state index in [1.807, 2.05) is 0 Å². The number of halogens is 1. The Bertz CT molecular complexity index is 694. The van der Waals surface area contributed by atoms with Gasteiger partial charge >= 0.3 is 6.01 Å². The maximum atomic E-state index is 10.8. The average Bonchev–Trinajstić information content (AvgIpc) is 2.40. The fourth-order valence-electron chi connectivity index (χ4n) is 1.39. The van der Waals surface area contributed by atoms with E-state index in [4.69, 9.17) is 22.1 Å². The third kappa shape index (κ3) is 3.45. The van der Waals surface area contributed by atoms with Crippen LogP contribution in [0.25, 0.3) is 0 Å². The van der Waals surface area contributed by atoms with E-state index in [2.05, 4.69) is 15.0 Å². The van der Waals surface area contributed by atoms with Crippen molar-refractivity contribution in [2.75, 3.05) is 24.7 Å². The highest BCUT2D eigenvalue weighted by Gasteiger charge is 2.14. The molecule has 0 fully saturated rings. The summed E-state index contributed by atoms with van der Waals surface area (Å²) in [6.45, 7) is 0. The van der Waals surface area contributed by atoms with Gasteiger partial charge in [0.2, 0.25) is 11.9 Å². The molecule has 0 aliphatic carbocycles. The summed E-state index contributed by atoms with van der Waals surface area (Å²) in [4.78, 5) is 23.5. The second-order valence-electron chi connectivity index (χ2n) is 4.14. The number of nitrogens with zero attached hydrogens (tertiary/aromatic N) is 5. The first-order valence-electron chi connectivity index (χ1n) is 5.67. The quantitative estimate of drug-likeness (QED) is 0.671. The van der Waals surface area contributed by atoms with E-state index < -0.39 is 4.92 Å². The smallest absolute Gasteiger partial charge is 0.328 e. The van der Waals surface area contributed by atoms with Crippen LogP contribution >= 0.6 is 11.6 Å². The number of aromatic nitrogens is 3. The first-order chi connectivity index (χ1) is 9.86. The number of non-ortho nitro benzene ring substituents is 1. The van der Waals surface area contributed by atoms with Crippen molar-refractivity contribution in [3.63, 3.8) is 0 Å². The highest BCUT2D eigenvalue weighted by atomic mass is 35.5. The largest absolute Gasteiger partial charge is 0.422 e. The predicted octanol–water partition coefficient (Wildman–Crippen LogP) is 1.87. The van der Waals surface area contributed by atoms with Gasteiger partial charge in [0.05, 0.1) is 16.0 Å². The Kier molecular flexibility index (Phi) is 4.03. The van der Waals surface area contributed by atoms with Gasteiger partial charge in [-0.05, 0) is 6.07 Å². The van der Waals surface area contributed by atoms with Crippen LogP contribution in [0.15, 0.2) is 18.2 Å². The van der Waals surface area contributed by atoms with Gasteiger partial charge in [0.1, 0.15) is 0 Å². The van der Waals surface area contributed by atoms with Crippen LogP contribution in [0.5, 0.6) is 11.8 Å². The van der Waals surface area contributed by atoms with Gasteiger partial charge in [-0.25, -0.2) is 0 Å². The number of anilines is 2. The van der Waals surface area contributed by atoms with Gasteiger partial charge < -0.3 is 15.4 Å². The van der Waals surface area contributed by atoms with Crippen molar-refractivity contribution in [3.05, 3.63) is 33.3 Å². The summed E-state index contributed by atoms with van der Waals surface area (Å²) in [5, 5.41) is 10.9. The number of nitro benzene ring substituents is 1. The molecule has 1 aromatic heterocycles. The first-order valence-corrected chi connectivity index (χ1v) is 6.05. The van der Waals surface area contributed by atoms with Crippen LogP contribution in [0.1, 0.15) is 0 Å². The minimum atomic E-state index is -0.559. The summed E-state index contributed by atoms with van der Waals surface area (Å²) in [5.74, 6) is 0.311. The van der Waals surface area contributed by atoms with E-state index in [0.717, 1.165) is 0 Å². The van der Waals surface area contributed by atoms with Gasteiger partial charge in [0.25, 0.3) is 5.69 Å². The van der Waals surface area contributed by atoms with Crippen molar-refractivity contribution in [3.8, 4) is 11.8 Å². The number of rotatable bonds is 4. The Morgan fingerprint density at radius 1 is 1.33 bits per heavy atom. The lowest BCUT2D eigenvalue weighted by molar-refractivity contribution is -0.384. The van der Waals surface area contributed by atoms with Crippen molar-refractivity contribution in [2.45, 2.75) is 0 Å². The molecule has 0 saturated heterocycles. The molecule has 1 aromatic carbocycles. The minimum absolute atomic E-state index is 0.0368. The molecule has 2 rings (SSSR count). The molecule has 9 nitrogen and oxygen atoms in total. The molecule has 0 saturated carbocycles. The fraction of sp³-hybridized carbons (Fsp3) is 0.182. The summed E-state index contributed by atoms with van der Waals surface area (Å²) < 4.78 is 5.37. The molecule has 2 N–H and O–H groups in total. The molecule has 0 aliphatic rings. The Balaban J connectivity index is 2.38. The summed E-state index contributed by atoms with van der Waals surface area (Å²) >= 11 is 5.93. The molecule has 2 aromatic rings. The third-order valence-corrected chi connectivity index (χ3v) is 2.66. The lowest BCUT2D eigenvalue weighted by Gasteiger charge is -2.11. The van der Waals surface area contributed by atoms with E-state index >= 15 is 0 Å². The molecule has 0 spiro atoms. The number of ether oxygens (including phenoxy) is 1. The summed E-state index contributed by atoms with van der Waals surface area (Å²) in [6, 6.07) is 3.69. The normalized spacial score (nSPS) is 10.2. The summed E-state index contributed by atoms with van der Waals surface area (Å²) in [6.07, 6.45) is 0. The van der Waals surface area contributed by atoms with Gasteiger partial charge in [0, 0.05) is 20.2 Å². The van der Waals surface area contributed by atoms with Gasteiger partial charge in [-0.1, -0.05) is 11.6 Å². The molecule has 0 bridgehead atoms. The predicted molar refractivity (Wildman–Crippen MR) is 76.7 cm³/mol. The SMILES string of the molecule is CN(C)c1nc(N)nc(Oc2cc([N+](=O)[O-])ccc2Cl)n1. The topological polar surface area (TPSA) is 120 Å². The van der Waals surface area contributed by atoms with Crippen LogP contribution in [0.4, 0.5) is 17.6 Å². The van der Waals surface area contributed by atoms with Crippen molar-refractivity contribution < 1.29 is 9.66 Å². The number of benzene rings is 1. The fourth-order valence-corrected chi connectivity index (χ4v) is 1.54. The highest BCUT2D eigenvalue weighted by Crippen LogP contribution is 2.31. The van der Waals surface area contributed by atoms with Crippen molar-refractivity contribution in [1.82, 2.24) is 15.0 Å². The first kappa shape index (κ1) is 14.7. The third-order valence-electron chi connectivity index (χ3n) is 2.35. The molecule has 0 aliphatic heterocycles. The zero-order valence-electron chi connectivity index (χ0n) is 11.1. The van der Waals surface area contributed by atoms with Crippen molar-refractivity contribution in [2.24, 2.45) is 0 Å². The van der Waals surface area contributed by atoms with E-state index in [1.165, 1.54) is 18.2 Å².